The number of likely N-dealkylation sites (tertiary alicyclic amines) is 1. The van der Waals surface area contributed by atoms with Crippen molar-refractivity contribution in [2.75, 3.05) is 13.1 Å². The highest BCUT2D eigenvalue weighted by Crippen LogP contribution is 2.24. The van der Waals surface area contributed by atoms with E-state index in [0.29, 0.717) is 19.6 Å². The van der Waals surface area contributed by atoms with Crippen LogP contribution in [0.3, 0.4) is 0 Å². The molecule has 1 aliphatic carbocycles. The third-order valence-electron chi connectivity index (χ3n) is 5.52. The predicted octanol–water partition coefficient (Wildman–Crippen LogP) is 1.99. The van der Waals surface area contributed by atoms with Crippen molar-refractivity contribution in [3.05, 3.63) is 63.7 Å². The van der Waals surface area contributed by atoms with E-state index >= 15 is 0 Å². The lowest BCUT2D eigenvalue weighted by Crippen LogP contribution is -2.52. The number of fused-ring (bicyclic) bond motifs is 2. The van der Waals surface area contributed by atoms with Crippen molar-refractivity contribution in [3.63, 3.8) is 0 Å². The van der Waals surface area contributed by atoms with Gasteiger partial charge in [-0.2, -0.15) is 5.10 Å². The highest BCUT2D eigenvalue weighted by molar-refractivity contribution is 6.06. The van der Waals surface area contributed by atoms with Gasteiger partial charge in [-0.1, -0.05) is 6.07 Å². The fourth-order valence-electron chi connectivity index (χ4n) is 4.11. The van der Waals surface area contributed by atoms with Crippen LogP contribution in [-0.2, 0) is 19.4 Å². The molecule has 1 aromatic carbocycles. The first-order valence-corrected chi connectivity index (χ1v) is 9.14. The lowest BCUT2D eigenvalue weighted by atomic mass is 9.98. The first-order valence-electron chi connectivity index (χ1n) is 9.14. The predicted molar refractivity (Wildman–Crippen MR) is 98.2 cm³/mol. The number of nitrogens with zero attached hydrogens (tertiary/aromatic N) is 3. The summed E-state index contributed by atoms with van der Waals surface area (Å²) in [6.45, 7) is 1.93. The molecule has 0 saturated carbocycles. The summed E-state index contributed by atoms with van der Waals surface area (Å²) in [6, 6.07) is 9.42. The maximum atomic E-state index is 12.8. The average molecular weight is 348 g/mol. The average Bonchev–Trinajstić information content (AvgIpc) is 3.25. The molecule has 132 valence electrons. The molecule has 1 amide bonds. The number of aromatic amines is 1. The number of benzene rings is 1. The maximum Gasteiger partial charge on any atom is 0.267 e. The van der Waals surface area contributed by atoms with Gasteiger partial charge in [0.15, 0.2) is 0 Å². The van der Waals surface area contributed by atoms with Crippen LogP contribution in [0.1, 0.15) is 28.0 Å². The Morgan fingerprint density at radius 1 is 1.23 bits per heavy atom. The minimum atomic E-state index is -0.0208. The second-order valence-electron chi connectivity index (χ2n) is 7.31. The number of aryl methyl sites for hydroxylation is 2. The Hall–Kier alpha value is -2.89. The van der Waals surface area contributed by atoms with Gasteiger partial charge >= 0.3 is 0 Å². The smallest absolute Gasteiger partial charge is 0.267 e. The van der Waals surface area contributed by atoms with Crippen LogP contribution in [0.4, 0.5) is 0 Å². The highest BCUT2D eigenvalue weighted by Gasteiger charge is 2.32. The van der Waals surface area contributed by atoms with Crippen molar-refractivity contribution in [1.29, 1.82) is 0 Å². The maximum absolute atomic E-state index is 12.8. The molecule has 3 heterocycles. The molecule has 3 aromatic rings. The summed E-state index contributed by atoms with van der Waals surface area (Å²) in [4.78, 5) is 30.0. The molecule has 1 N–H and O–H groups in total. The van der Waals surface area contributed by atoms with Crippen LogP contribution < -0.4 is 5.56 Å². The molecule has 0 radical (unpaired) electrons. The Morgan fingerprint density at radius 2 is 2.12 bits per heavy atom. The number of hydrogen-bond acceptors (Lipinski definition) is 3. The minimum Gasteiger partial charge on any atom is -0.361 e. The molecular weight excluding hydrogens is 328 g/mol. The summed E-state index contributed by atoms with van der Waals surface area (Å²) < 4.78 is 1.59. The van der Waals surface area contributed by atoms with Crippen LogP contribution in [0.25, 0.3) is 10.9 Å². The Bertz CT molecular complexity index is 1060. The van der Waals surface area contributed by atoms with E-state index in [0.717, 1.165) is 47.0 Å². The Kier molecular flexibility index (Phi) is 3.45. The molecular formula is C20H20N4O2. The molecule has 5 rings (SSSR count). The lowest BCUT2D eigenvalue weighted by Gasteiger charge is -2.39. The Morgan fingerprint density at radius 3 is 3.00 bits per heavy atom. The van der Waals surface area contributed by atoms with Crippen molar-refractivity contribution < 1.29 is 4.79 Å². The van der Waals surface area contributed by atoms with Gasteiger partial charge in [0, 0.05) is 47.7 Å². The number of nitrogens with one attached hydrogen (secondary N) is 1. The minimum absolute atomic E-state index is 0.0208. The molecule has 6 nitrogen and oxygen atoms in total. The number of carbonyl (C=O) groups excluding carboxylic acids is 1. The first kappa shape index (κ1) is 15.4. The zero-order chi connectivity index (χ0) is 17.7. The van der Waals surface area contributed by atoms with E-state index < -0.39 is 0 Å². The van der Waals surface area contributed by atoms with E-state index in [1.807, 2.05) is 35.4 Å². The van der Waals surface area contributed by atoms with Gasteiger partial charge in [0.05, 0.1) is 12.2 Å². The molecule has 0 bridgehead atoms. The fraction of sp³-hybridized carbons (Fsp3) is 0.350. The van der Waals surface area contributed by atoms with Gasteiger partial charge in [-0.15, -0.1) is 0 Å². The molecule has 0 atom stereocenters. The van der Waals surface area contributed by atoms with E-state index in [2.05, 4.69) is 10.1 Å². The van der Waals surface area contributed by atoms with E-state index in [4.69, 9.17) is 0 Å². The van der Waals surface area contributed by atoms with Crippen molar-refractivity contribution in [3.8, 4) is 0 Å². The van der Waals surface area contributed by atoms with Crippen LogP contribution in [0.5, 0.6) is 0 Å². The molecule has 1 fully saturated rings. The van der Waals surface area contributed by atoms with E-state index in [9.17, 15) is 9.59 Å². The zero-order valence-corrected chi connectivity index (χ0v) is 14.4. The summed E-state index contributed by atoms with van der Waals surface area (Å²) >= 11 is 0. The number of carbonyl (C=O) groups is 1. The molecule has 26 heavy (non-hydrogen) atoms. The molecule has 1 saturated heterocycles. The lowest BCUT2D eigenvalue weighted by molar-refractivity contribution is 0.0460. The quantitative estimate of drug-likeness (QED) is 0.787. The summed E-state index contributed by atoms with van der Waals surface area (Å²) in [5.41, 5.74) is 3.86. The van der Waals surface area contributed by atoms with E-state index in [-0.39, 0.29) is 17.4 Å². The van der Waals surface area contributed by atoms with Gasteiger partial charge in [0.1, 0.15) is 0 Å². The molecule has 6 heteroatoms. The number of aromatic nitrogens is 3. The second-order valence-corrected chi connectivity index (χ2v) is 7.31. The first-order chi connectivity index (χ1) is 12.7. The third-order valence-corrected chi connectivity index (χ3v) is 5.52. The SMILES string of the molecule is O=C(c1cccc2[nH]ccc12)N1CC(Cn2nc3c(cc2=O)CCC3)C1. The van der Waals surface area contributed by atoms with Crippen LogP contribution >= 0.6 is 0 Å². The molecule has 1 aliphatic heterocycles. The number of amides is 1. The number of H-pyrrole nitrogens is 1. The number of rotatable bonds is 3. The normalized spacial score (nSPS) is 16.7. The van der Waals surface area contributed by atoms with E-state index in [1.54, 1.807) is 10.7 Å². The van der Waals surface area contributed by atoms with Crippen LogP contribution in [0.15, 0.2) is 41.3 Å². The van der Waals surface area contributed by atoms with Gasteiger partial charge in [-0.05, 0) is 43.0 Å². The zero-order valence-electron chi connectivity index (χ0n) is 14.4. The summed E-state index contributed by atoms with van der Waals surface area (Å²) in [7, 11) is 0. The van der Waals surface area contributed by atoms with Gasteiger partial charge in [0.2, 0.25) is 0 Å². The Labute approximate surface area is 150 Å². The van der Waals surface area contributed by atoms with Crippen molar-refractivity contribution in [2.24, 2.45) is 5.92 Å². The molecule has 0 unspecified atom stereocenters. The van der Waals surface area contributed by atoms with Crippen molar-refractivity contribution in [1.82, 2.24) is 19.7 Å². The summed E-state index contributed by atoms with van der Waals surface area (Å²) in [6.07, 6.45) is 4.87. The van der Waals surface area contributed by atoms with Gasteiger partial charge in [-0.3, -0.25) is 9.59 Å². The number of hydrogen-bond donors (Lipinski definition) is 1. The van der Waals surface area contributed by atoms with Crippen LogP contribution in [0, 0.1) is 5.92 Å². The molecule has 2 aliphatic rings. The van der Waals surface area contributed by atoms with Gasteiger partial charge < -0.3 is 9.88 Å². The topological polar surface area (TPSA) is 71.0 Å². The van der Waals surface area contributed by atoms with E-state index in [1.165, 1.54) is 0 Å². The molecule has 2 aromatic heterocycles. The van der Waals surface area contributed by atoms with Crippen LogP contribution in [-0.4, -0.2) is 38.7 Å². The fourth-order valence-corrected chi connectivity index (χ4v) is 4.11. The van der Waals surface area contributed by atoms with Gasteiger partial charge in [-0.25, -0.2) is 4.68 Å². The third kappa shape index (κ3) is 2.44. The summed E-state index contributed by atoms with van der Waals surface area (Å²) in [5.74, 6) is 0.342. The van der Waals surface area contributed by atoms with Crippen molar-refractivity contribution in [2.45, 2.75) is 25.8 Å². The second kappa shape index (κ2) is 5.83. The Balaban J connectivity index is 1.29. The molecule has 0 spiro atoms. The monoisotopic (exact) mass is 348 g/mol. The largest absolute Gasteiger partial charge is 0.361 e. The highest BCUT2D eigenvalue weighted by atomic mass is 16.2. The standard InChI is InChI=1S/C20H20N4O2/c25-19-9-14-3-1-5-17(14)22-24(19)12-13-10-23(11-13)20(26)16-4-2-6-18-15(16)7-8-21-18/h2,4,6-9,13,21H,1,3,5,10-12H2. The van der Waals surface area contributed by atoms with Gasteiger partial charge in [0.25, 0.3) is 11.5 Å². The van der Waals surface area contributed by atoms with Crippen molar-refractivity contribution >= 4 is 16.8 Å². The van der Waals surface area contributed by atoms with Crippen LogP contribution in [0.2, 0.25) is 0 Å². The summed E-state index contributed by atoms with van der Waals surface area (Å²) in [5, 5.41) is 5.49.